The minimum Gasteiger partial charge on any atom is -0.496 e. The molecule has 2 rings (SSSR count). The van der Waals surface area contributed by atoms with Crippen LogP contribution in [-0.4, -0.2) is 16.9 Å². The molecule has 3 N–H and O–H groups in total. The van der Waals surface area contributed by atoms with Crippen LogP contribution in [-0.2, 0) is 13.5 Å². The summed E-state index contributed by atoms with van der Waals surface area (Å²) >= 11 is 6.06. The normalized spacial score (nSPS) is 12.4. The van der Waals surface area contributed by atoms with Gasteiger partial charge in [-0.05, 0) is 37.1 Å². The lowest BCUT2D eigenvalue weighted by molar-refractivity contribution is 0.405. The first-order chi connectivity index (χ1) is 9.55. The second kappa shape index (κ2) is 6.26. The van der Waals surface area contributed by atoms with Crippen LogP contribution in [0.25, 0.3) is 0 Å². The summed E-state index contributed by atoms with van der Waals surface area (Å²) in [6.07, 6.45) is 2.64. The molecule has 0 saturated heterocycles. The van der Waals surface area contributed by atoms with Crippen molar-refractivity contribution in [1.82, 2.24) is 15.2 Å². The molecule has 2 aromatic rings. The summed E-state index contributed by atoms with van der Waals surface area (Å²) in [4.78, 5) is 0. The fourth-order valence-electron chi connectivity index (χ4n) is 2.35. The number of rotatable bonds is 5. The predicted octanol–water partition coefficient (Wildman–Crippen LogP) is 2.14. The van der Waals surface area contributed by atoms with Gasteiger partial charge in [0, 0.05) is 23.8 Å². The Kier molecular flexibility index (Phi) is 4.65. The first kappa shape index (κ1) is 14.8. The summed E-state index contributed by atoms with van der Waals surface area (Å²) in [6.45, 7) is 1.97. The smallest absolute Gasteiger partial charge is 0.122 e. The monoisotopic (exact) mass is 294 g/mol. The number of hydrogen-bond donors (Lipinski definition) is 2. The van der Waals surface area contributed by atoms with Gasteiger partial charge in [-0.25, -0.2) is 0 Å². The molecule has 0 saturated carbocycles. The zero-order valence-corrected chi connectivity index (χ0v) is 12.6. The Morgan fingerprint density at radius 3 is 2.80 bits per heavy atom. The van der Waals surface area contributed by atoms with E-state index in [0.717, 1.165) is 22.6 Å². The van der Waals surface area contributed by atoms with Gasteiger partial charge in [0.25, 0.3) is 0 Å². The second-order valence-corrected chi connectivity index (χ2v) is 5.16. The molecule has 1 heterocycles. The van der Waals surface area contributed by atoms with Gasteiger partial charge in [-0.3, -0.25) is 16.0 Å². The van der Waals surface area contributed by atoms with Gasteiger partial charge in [0.1, 0.15) is 5.75 Å². The number of ether oxygens (including phenoxy) is 1. The van der Waals surface area contributed by atoms with Crippen LogP contribution in [0, 0.1) is 6.92 Å². The van der Waals surface area contributed by atoms with Gasteiger partial charge in [0.2, 0.25) is 0 Å². The third-order valence-corrected chi connectivity index (χ3v) is 3.53. The highest BCUT2D eigenvalue weighted by Crippen LogP contribution is 2.28. The van der Waals surface area contributed by atoms with Gasteiger partial charge < -0.3 is 4.74 Å². The Morgan fingerprint density at radius 2 is 2.25 bits per heavy atom. The first-order valence-corrected chi connectivity index (χ1v) is 6.71. The largest absolute Gasteiger partial charge is 0.496 e. The van der Waals surface area contributed by atoms with E-state index >= 15 is 0 Å². The van der Waals surface area contributed by atoms with Crippen molar-refractivity contribution in [1.29, 1.82) is 0 Å². The van der Waals surface area contributed by atoms with Crippen molar-refractivity contribution in [3.05, 3.63) is 46.2 Å². The van der Waals surface area contributed by atoms with Crippen LogP contribution in [0.15, 0.2) is 24.4 Å². The van der Waals surface area contributed by atoms with Crippen molar-refractivity contribution in [2.24, 2.45) is 12.9 Å². The quantitative estimate of drug-likeness (QED) is 0.655. The Labute approximate surface area is 123 Å². The highest BCUT2D eigenvalue weighted by atomic mass is 35.5. The van der Waals surface area contributed by atoms with Crippen LogP contribution in [0.3, 0.4) is 0 Å². The van der Waals surface area contributed by atoms with Crippen LogP contribution < -0.4 is 16.0 Å². The molecule has 0 amide bonds. The molecule has 0 fully saturated rings. The van der Waals surface area contributed by atoms with E-state index in [1.165, 1.54) is 0 Å². The van der Waals surface area contributed by atoms with Gasteiger partial charge in [-0.1, -0.05) is 11.6 Å². The van der Waals surface area contributed by atoms with Crippen molar-refractivity contribution >= 4 is 11.6 Å². The maximum Gasteiger partial charge on any atom is 0.122 e. The van der Waals surface area contributed by atoms with Crippen LogP contribution >= 0.6 is 11.6 Å². The first-order valence-electron chi connectivity index (χ1n) is 6.33. The Morgan fingerprint density at radius 1 is 1.50 bits per heavy atom. The minimum atomic E-state index is -0.0453. The van der Waals surface area contributed by atoms with E-state index in [1.807, 2.05) is 38.4 Å². The topological polar surface area (TPSA) is 65.1 Å². The van der Waals surface area contributed by atoms with Crippen LogP contribution in [0.5, 0.6) is 5.75 Å². The lowest BCUT2D eigenvalue weighted by atomic mass is 9.99. The molecule has 20 heavy (non-hydrogen) atoms. The number of nitrogens with one attached hydrogen (secondary N) is 1. The molecule has 0 bridgehead atoms. The maximum absolute atomic E-state index is 6.06. The van der Waals surface area contributed by atoms with Gasteiger partial charge in [0.05, 0.1) is 18.8 Å². The fourth-order valence-corrected chi connectivity index (χ4v) is 2.54. The summed E-state index contributed by atoms with van der Waals surface area (Å²) in [5.74, 6) is 6.50. The molecule has 1 atom stereocenters. The van der Waals surface area contributed by atoms with E-state index in [0.29, 0.717) is 11.4 Å². The van der Waals surface area contributed by atoms with Crippen LogP contribution in [0.4, 0.5) is 0 Å². The Balaban J connectivity index is 2.31. The van der Waals surface area contributed by atoms with E-state index in [1.54, 1.807) is 11.8 Å². The average Bonchev–Trinajstić information content (AvgIpc) is 2.75. The third-order valence-electron chi connectivity index (χ3n) is 3.29. The van der Waals surface area contributed by atoms with Crippen LogP contribution in [0.2, 0.25) is 5.02 Å². The van der Waals surface area contributed by atoms with Gasteiger partial charge in [0.15, 0.2) is 0 Å². The number of halogens is 1. The Hall–Kier alpha value is -1.56. The Bertz CT molecular complexity index is 597. The SMILES string of the molecule is COc1ccc(Cl)cc1CC(NN)c1cn(C)nc1C. The zero-order chi connectivity index (χ0) is 14.7. The highest BCUT2D eigenvalue weighted by Gasteiger charge is 2.18. The van der Waals surface area contributed by atoms with Gasteiger partial charge >= 0.3 is 0 Å². The summed E-state index contributed by atoms with van der Waals surface area (Å²) < 4.78 is 7.15. The number of methoxy groups -OCH3 is 1. The number of nitrogens with two attached hydrogens (primary N) is 1. The lowest BCUT2D eigenvalue weighted by Crippen LogP contribution is -2.30. The molecule has 5 nitrogen and oxygen atoms in total. The molecule has 1 unspecified atom stereocenters. The molecule has 1 aromatic carbocycles. The number of aromatic nitrogens is 2. The second-order valence-electron chi connectivity index (χ2n) is 4.72. The molecule has 0 aliphatic rings. The standard InChI is InChI=1S/C14H19ClN4O/c1-9-12(8-19(2)18-9)13(17-16)7-10-6-11(15)4-5-14(10)20-3/h4-6,8,13,17H,7,16H2,1-3H3. The van der Waals surface area contributed by atoms with E-state index in [2.05, 4.69) is 10.5 Å². The summed E-state index contributed by atoms with van der Waals surface area (Å²) in [5, 5.41) is 5.03. The molecule has 1 aromatic heterocycles. The van der Waals surface area contributed by atoms with Crippen molar-refractivity contribution in [3.63, 3.8) is 0 Å². The lowest BCUT2D eigenvalue weighted by Gasteiger charge is -2.17. The molecule has 6 heteroatoms. The zero-order valence-electron chi connectivity index (χ0n) is 11.9. The number of hydrogen-bond acceptors (Lipinski definition) is 4. The summed E-state index contributed by atoms with van der Waals surface area (Å²) in [7, 11) is 3.54. The van der Waals surface area contributed by atoms with Gasteiger partial charge in [-0.15, -0.1) is 0 Å². The van der Waals surface area contributed by atoms with Crippen molar-refractivity contribution in [3.8, 4) is 5.75 Å². The molecular formula is C14H19ClN4O. The third kappa shape index (κ3) is 3.12. The van der Waals surface area contributed by atoms with Gasteiger partial charge in [-0.2, -0.15) is 5.10 Å². The summed E-state index contributed by atoms with van der Waals surface area (Å²) in [5.41, 5.74) is 5.87. The van der Waals surface area contributed by atoms with E-state index in [-0.39, 0.29) is 6.04 Å². The number of aryl methyl sites for hydroxylation is 2. The maximum atomic E-state index is 6.06. The van der Waals surface area contributed by atoms with Crippen LogP contribution in [0.1, 0.15) is 22.9 Å². The average molecular weight is 295 g/mol. The van der Waals surface area contributed by atoms with Crippen molar-refractivity contribution < 1.29 is 4.74 Å². The fraction of sp³-hybridized carbons (Fsp3) is 0.357. The van der Waals surface area contributed by atoms with Crippen molar-refractivity contribution in [2.75, 3.05) is 7.11 Å². The minimum absolute atomic E-state index is 0.0453. The number of hydrazine groups is 1. The predicted molar refractivity (Wildman–Crippen MR) is 79.7 cm³/mol. The molecule has 0 spiro atoms. The molecule has 0 radical (unpaired) electrons. The molecule has 0 aliphatic heterocycles. The van der Waals surface area contributed by atoms with Crippen molar-refractivity contribution in [2.45, 2.75) is 19.4 Å². The van der Waals surface area contributed by atoms with E-state index in [4.69, 9.17) is 22.2 Å². The molecule has 108 valence electrons. The number of nitrogens with zero attached hydrogens (tertiary/aromatic N) is 2. The van der Waals surface area contributed by atoms with E-state index in [9.17, 15) is 0 Å². The number of benzene rings is 1. The molecule has 0 aliphatic carbocycles. The molecular weight excluding hydrogens is 276 g/mol. The van der Waals surface area contributed by atoms with E-state index < -0.39 is 0 Å². The highest BCUT2D eigenvalue weighted by molar-refractivity contribution is 6.30. The summed E-state index contributed by atoms with van der Waals surface area (Å²) in [6, 6.07) is 5.53.